The fourth-order valence-electron chi connectivity index (χ4n) is 3.23. The largest absolute Gasteiger partial charge is 0.454 e. The molecule has 2 amide bonds. The second-order valence-corrected chi connectivity index (χ2v) is 6.84. The highest BCUT2D eigenvalue weighted by molar-refractivity contribution is 5.81. The average molecular weight is 345 g/mol. The van der Waals surface area contributed by atoms with Crippen LogP contribution in [0.1, 0.15) is 18.4 Å². The van der Waals surface area contributed by atoms with Gasteiger partial charge >= 0.3 is 0 Å². The molecule has 1 saturated heterocycles. The molecule has 2 aliphatic heterocycles. The van der Waals surface area contributed by atoms with Crippen LogP contribution in [0.15, 0.2) is 18.2 Å². The van der Waals surface area contributed by atoms with Crippen LogP contribution in [0.4, 0.5) is 0 Å². The molecule has 134 valence electrons. The van der Waals surface area contributed by atoms with Gasteiger partial charge in [-0.2, -0.15) is 0 Å². The molecule has 1 aromatic rings. The Morgan fingerprint density at radius 1 is 1.08 bits per heavy atom. The number of amides is 2. The monoisotopic (exact) mass is 345 g/mol. The van der Waals surface area contributed by atoms with E-state index in [1.54, 1.807) is 0 Å². The number of hydrogen-bond donors (Lipinski definition) is 1. The summed E-state index contributed by atoms with van der Waals surface area (Å²) in [5.41, 5.74) is 0.984. The Kier molecular flexibility index (Phi) is 4.48. The molecule has 0 aromatic heterocycles. The third kappa shape index (κ3) is 3.87. The lowest BCUT2D eigenvalue weighted by Crippen LogP contribution is -2.51. The van der Waals surface area contributed by atoms with Crippen molar-refractivity contribution in [2.75, 3.05) is 39.5 Å². The summed E-state index contributed by atoms with van der Waals surface area (Å²) in [6.07, 6.45) is 2.09. The first-order valence-corrected chi connectivity index (χ1v) is 8.85. The molecule has 7 nitrogen and oxygen atoms in total. The van der Waals surface area contributed by atoms with Gasteiger partial charge in [0.25, 0.3) is 0 Å². The first kappa shape index (κ1) is 16.2. The topological polar surface area (TPSA) is 71.1 Å². The maximum Gasteiger partial charge on any atom is 0.234 e. The molecule has 1 aliphatic carbocycles. The Bertz CT molecular complexity index is 666. The van der Waals surface area contributed by atoms with E-state index in [2.05, 4.69) is 10.2 Å². The van der Waals surface area contributed by atoms with Gasteiger partial charge in [-0.3, -0.25) is 14.5 Å². The molecule has 25 heavy (non-hydrogen) atoms. The summed E-state index contributed by atoms with van der Waals surface area (Å²) in [6, 6.07) is 5.68. The van der Waals surface area contributed by atoms with Gasteiger partial charge < -0.3 is 19.7 Å². The SMILES string of the molecule is O=C(CN1CCN(C(=O)C2CC2)CC1)NCc1ccc2c(c1)OCO2. The molecule has 1 aromatic carbocycles. The first-order chi connectivity index (χ1) is 12.2. The molecule has 2 fully saturated rings. The molecule has 1 saturated carbocycles. The van der Waals surface area contributed by atoms with Crippen molar-refractivity contribution < 1.29 is 19.1 Å². The van der Waals surface area contributed by atoms with E-state index in [1.807, 2.05) is 23.1 Å². The first-order valence-electron chi connectivity index (χ1n) is 8.85. The van der Waals surface area contributed by atoms with Crippen LogP contribution < -0.4 is 14.8 Å². The Balaban J connectivity index is 1.20. The van der Waals surface area contributed by atoms with E-state index < -0.39 is 0 Å². The summed E-state index contributed by atoms with van der Waals surface area (Å²) in [5.74, 6) is 2.04. The number of piperazine rings is 1. The van der Waals surface area contributed by atoms with Crippen molar-refractivity contribution in [2.45, 2.75) is 19.4 Å². The lowest BCUT2D eigenvalue weighted by Gasteiger charge is -2.34. The molecule has 0 radical (unpaired) electrons. The normalized spacial score (nSPS) is 19.8. The van der Waals surface area contributed by atoms with E-state index in [1.165, 1.54) is 0 Å². The van der Waals surface area contributed by atoms with Crippen molar-refractivity contribution in [2.24, 2.45) is 5.92 Å². The number of nitrogens with one attached hydrogen (secondary N) is 1. The zero-order chi connectivity index (χ0) is 17.2. The summed E-state index contributed by atoms with van der Waals surface area (Å²) in [7, 11) is 0. The number of ether oxygens (including phenoxy) is 2. The lowest BCUT2D eigenvalue weighted by atomic mass is 10.2. The minimum absolute atomic E-state index is 0.000337. The fraction of sp³-hybridized carbons (Fsp3) is 0.556. The van der Waals surface area contributed by atoms with Crippen LogP contribution in [0.3, 0.4) is 0 Å². The minimum atomic E-state index is -0.000337. The Hall–Kier alpha value is -2.28. The third-order valence-corrected chi connectivity index (χ3v) is 4.90. The van der Waals surface area contributed by atoms with Crippen LogP contribution in [0.5, 0.6) is 11.5 Å². The standard InChI is InChI=1S/C18H23N3O4/c22-17(19-10-13-1-4-15-16(9-13)25-12-24-15)11-20-5-7-21(8-6-20)18(23)14-2-3-14/h1,4,9,14H,2-3,5-8,10-12H2,(H,19,22). The lowest BCUT2D eigenvalue weighted by molar-refractivity contribution is -0.134. The van der Waals surface area contributed by atoms with Crippen LogP contribution in [-0.2, 0) is 16.1 Å². The Labute approximate surface area is 146 Å². The van der Waals surface area contributed by atoms with Gasteiger partial charge in [-0.05, 0) is 30.5 Å². The van der Waals surface area contributed by atoms with E-state index in [4.69, 9.17) is 9.47 Å². The smallest absolute Gasteiger partial charge is 0.234 e. The molecule has 7 heteroatoms. The van der Waals surface area contributed by atoms with E-state index >= 15 is 0 Å². The molecule has 0 unspecified atom stereocenters. The van der Waals surface area contributed by atoms with Crippen molar-refractivity contribution in [3.05, 3.63) is 23.8 Å². The molecule has 0 spiro atoms. The maximum absolute atomic E-state index is 12.2. The minimum Gasteiger partial charge on any atom is -0.454 e. The van der Waals surface area contributed by atoms with Crippen LogP contribution in [0.2, 0.25) is 0 Å². The zero-order valence-corrected chi connectivity index (χ0v) is 14.2. The van der Waals surface area contributed by atoms with Crippen molar-refractivity contribution in [3.63, 3.8) is 0 Å². The number of fused-ring (bicyclic) bond motifs is 1. The van der Waals surface area contributed by atoms with Gasteiger partial charge in [0.05, 0.1) is 6.54 Å². The van der Waals surface area contributed by atoms with Crippen LogP contribution in [-0.4, -0.2) is 61.1 Å². The highest BCUT2D eigenvalue weighted by atomic mass is 16.7. The third-order valence-electron chi connectivity index (χ3n) is 4.90. The van der Waals surface area contributed by atoms with E-state index in [0.29, 0.717) is 19.0 Å². The van der Waals surface area contributed by atoms with Crippen LogP contribution in [0.25, 0.3) is 0 Å². The number of nitrogens with zero attached hydrogens (tertiary/aromatic N) is 2. The quantitative estimate of drug-likeness (QED) is 0.846. The molecular weight excluding hydrogens is 322 g/mol. The summed E-state index contributed by atoms with van der Waals surface area (Å²) in [6.45, 7) is 4.06. The highest BCUT2D eigenvalue weighted by Gasteiger charge is 2.34. The van der Waals surface area contributed by atoms with E-state index in [9.17, 15) is 9.59 Å². The fourth-order valence-corrected chi connectivity index (χ4v) is 3.23. The number of rotatable bonds is 5. The molecular formula is C18H23N3O4. The number of carbonyl (C=O) groups is 2. The van der Waals surface area contributed by atoms with Crippen molar-refractivity contribution >= 4 is 11.8 Å². The number of carbonyl (C=O) groups excluding carboxylic acids is 2. The molecule has 0 bridgehead atoms. The second-order valence-electron chi connectivity index (χ2n) is 6.84. The maximum atomic E-state index is 12.2. The van der Waals surface area contributed by atoms with Crippen molar-refractivity contribution in [3.8, 4) is 11.5 Å². The Morgan fingerprint density at radius 2 is 1.84 bits per heavy atom. The predicted molar refractivity (Wildman–Crippen MR) is 90.2 cm³/mol. The van der Waals surface area contributed by atoms with Gasteiger partial charge in [0.2, 0.25) is 18.6 Å². The number of benzene rings is 1. The second kappa shape index (κ2) is 6.92. The van der Waals surface area contributed by atoms with Gasteiger partial charge in [-0.15, -0.1) is 0 Å². The zero-order valence-electron chi connectivity index (χ0n) is 14.2. The molecule has 4 rings (SSSR count). The van der Waals surface area contributed by atoms with Gasteiger partial charge in [0, 0.05) is 38.6 Å². The van der Waals surface area contributed by atoms with E-state index in [0.717, 1.165) is 56.1 Å². The molecule has 3 aliphatic rings. The van der Waals surface area contributed by atoms with Gasteiger partial charge in [0.15, 0.2) is 11.5 Å². The highest BCUT2D eigenvalue weighted by Crippen LogP contribution is 2.32. The predicted octanol–water partition coefficient (Wildman–Crippen LogP) is 0.586. The summed E-state index contributed by atoms with van der Waals surface area (Å²) in [4.78, 5) is 28.2. The van der Waals surface area contributed by atoms with Crippen LogP contribution >= 0.6 is 0 Å². The summed E-state index contributed by atoms with van der Waals surface area (Å²) >= 11 is 0. The number of hydrogen-bond acceptors (Lipinski definition) is 5. The Morgan fingerprint density at radius 3 is 2.60 bits per heavy atom. The molecule has 1 N–H and O–H groups in total. The van der Waals surface area contributed by atoms with Gasteiger partial charge in [0.1, 0.15) is 0 Å². The molecule has 2 heterocycles. The van der Waals surface area contributed by atoms with Crippen molar-refractivity contribution in [1.29, 1.82) is 0 Å². The summed E-state index contributed by atoms with van der Waals surface area (Å²) < 4.78 is 10.6. The molecule has 0 atom stereocenters. The van der Waals surface area contributed by atoms with Crippen LogP contribution in [0, 0.1) is 5.92 Å². The van der Waals surface area contributed by atoms with Gasteiger partial charge in [-0.1, -0.05) is 6.07 Å². The van der Waals surface area contributed by atoms with Crippen molar-refractivity contribution in [1.82, 2.24) is 15.1 Å². The van der Waals surface area contributed by atoms with Gasteiger partial charge in [-0.25, -0.2) is 0 Å². The summed E-state index contributed by atoms with van der Waals surface area (Å²) in [5, 5.41) is 2.94. The average Bonchev–Trinajstić information content (AvgIpc) is 3.37. The van der Waals surface area contributed by atoms with E-state index in [-0.39, 0.29) is 18.6 Å².